The SMILES string of the molecule is CC(C)OCCC1CCC2(C)OC2C1. The Morgan fingerprint density at radius 3 is 2.93 bits per heavy atom. The molecule has 1 aliphatic heterocycles. The fourth-order valence-electron chi connectivity index (χ4n) is 2.45. The normalized spacial score (nSPS) is 41.1. The van der Waals surface area contributed by atoms with E-state index in [1.165, 1.54) is 25.7 Å². The van der Waals surface area contributed by atoms with E-state index in [1.807, 2.05) is 0 Å². The molecule has 3 unspecified atom stereocenters. The molecular weight excluding hydrogens is 176 g/mol. The molecule has 0 aromatic heterocycles. The Bertz CT molecular complexity index is 202. The van der Waals surface area contributed by atoms with E-state index in [0.717, 1.165) is 12.5 Å². The van der Waals surface area contributed by atoms with Crippen molar-refractivity contribution < 1.29 is 9.47 Å². The van der Waals surface area contributed by atoms with Gasteiger partial charge in [0.2, 0.25) is 0 Å². The van der Waals surface area contributed by atoms with Gasteiger partial charge in [-0.1, -0.05) is 0 Å². The molecule has 3 atom stereocenters. The minimum atomic E-state index is 0.273. The molecule has 0 amide bonds. The molecule has 0 bridgehead atoms. The average Bonchev–Trinajstić information content (AvgIpc) is 2.75. The summed E-state index contributed by atoms with van der Waals surface area (Å²) in [6.45, 7) is 7.37. The highest BCUT2D eigenvalue weighted by Gasteiger charge is 2.54. The van der Waals surface area contributed by atoms with Crippen LogP contribution in [-0.4, -0.2) is 24.4 Å². The molecule has 82 valence electrons. The van der Waals surface area contributed by atoms with Gasteiger partial charge in [0.05, 0.1) is 17.8 Å². The number of epoxide rings is 1. The van der Waals surface area contributed by atoms with Gasteiger partial charge in [-0.2, -0.15) is 0 Å². The lowest BCUT2D eigenvalue weighted by molar-refractivity contribution is 0.0650. The predicted octanol–water partition coefficient (Wildman–Crippen LogP) is 2.76. The fraction of sp³-hybridized carbons (Fsp3) is 1.00. The number of hydrogen-bond acceptors (Lipinski definition) is 2. The maximum atomic E-state index is 5.68. The molecule has 2 heteroatoms. The summed E-state index contributed by atoms with van der Waals surface area (Å²) in [5.74, 6) is 0.842. The third-order valence-corrected chi connectivity index (χ3v) is 3.61. The third-order valence-electron chi connectivity index (χ3n) is 3.61. The van der Waals surface area contributed by atoms with Crippen LogP contribution in [-0.2, 0) is 9.47 Å². The van der Waals surface area contributed by atoms with Gasteiger partial charge in [0.1, 0.15) is 0 Å². The largest absolute Gasteiger partial charge is 0.379 e. The minimum absolute atomic E-state index is 0.273. The van der Waals surface area contributed by atoms with Crippen molar-refractivity contribution in [2.75, 3.05) is 6.61 Å². The first-order valence-corrected chi connectivity index (χ1v) is 5.89. The van der Waals surface area contributed by atoms with Crippen LogP contribution in [0.2, 0.25) is 0 Å². The molecule has 1 heterocycles. The first-order chi connectivity index (χ1) is 6.60. The zero-order chi connectivity index (χ0) is 10.2. The Kier molecular flexibility index (Phi) is 2.85. The monoisotopic (exact) mass is 198 g/mol. The molecule has 1 saturated carbocycles. The van der Waals surface area contributed by atoms with Crippen LogP contribution in [0.1, 0.15) is 46.5 Å². The molecule has 0 aromatic rings. The number of fused-ring (bicyclic) bond motifs is 1. The van der Waals surface area contributed by atoms with Crippen molar-refractivity contribution in [2.45, 2.75) is 64.3 Å². The molecule has 1 aliphatic carbocycles. The fourth-order valence-corrected chi connectivity index (χ4v) is 2.45. The van der Waals surface area contributed by atoms with Crippen LogP contribution in [0.25, 0.3) is 0 Å². The van der Waals surface area contributed by atoms with Crippen LogP contribution in [0.3, 0.4) is 0 Å². The van der Waals surface area contributed by atoms with Crippen molar-refractivity contribution in [1.82, 2.24) is 0 Å². The van der Waals surface area contributed by atoms with Crippen LogP contribution in [0.15, 0.2) is 0 Å². The maximum Gasteiger partial charge on any atom is 0.0920 e. The van der Waals surface area contributed by atoms with Gasteiger partial charge in [-0.25, -0.2) is 0 Å². The van der Waals surface area contributed by atoms with Gasteiger partial charge >= 0.3 is 0 Å². The Morgan fingerprint density at radius 2 is 2.29 bits per heavy atom. The zero-order valence-corrected chi connectivity index (χ0v) is 9.58. The van der Waals surface area contributed by atoms with Crippen molar-refractivity contribution in [2.24, 2.45) is 5.92 Å². The van der Waals surface area contributed by atoms with Gasteiger partial charge in [0.25, 0.3) is 0 Å². The summed E-state index contributed by atoms with van der Waals surface area (Å²) in [5, 5.41) is 0. The molecule has 0 aromatic carbocycles. The molecule has 2 nitrogen and oxygen atoms in total. The van der Waals surface area contributed by atoms with Crippen LogP contribution in [0.4, 0.5) is 0 Å². The lowest BCUT2D eigenvalue weighted by atomic mass is 9.81. The molecule has 0 N–H and O–H groups in total. The van der Waals surface area contributed by atoms with E-state index in [9.17, 15) is 0 Å². The molecule has 0 spiro atoms. The molecule has 14 heavy (non-hydrogen) atoms. The molecule has 2 aliphatic rings. The quantitative estimate of drug-likeness (QED) is 0.648. The lowest BCUT2D eigenvalue weighted by Crippen LogP contribution is -2.22. The van der Waals surface area contributed by atoms with E-state index in [4.69, 9.17) is 9.47 Å². The minimum Gasteiger partial charge on any atom is -0.379 e. The smallest absolute Gasteiger partial charge is 0.0920 e. The molecule has 0 radical (unpaired) electrons. The van der Waals surface area contributed by atoms with Gasteiger partial charge in [0, 0.05) is 6.61 Å². The Morgan fingerprint density at radius 1 is 1.50 bits per heavy atom. The summed E-state index contributed by atoms with van der Waals surface area (Å²) in [6, 6.07) is 0. The van der Waals surface area contributed by atoms with Gasteiger partial charge in [-0.15, -0.1) is 0 Å². The number of rotatable bonds is 4. The number of ether oxygens (including phenoxy) is 2. The first kappa shape index (κ1) is 10.4. The van der Waals surface area contributed by atoms with E-state index in [2.05, 4.69) is 20.8 Å². The maximum absolute atomic E-state index is 5.68. The van der Waals surface area contributed by atoms with Crippen molar-refractivity contribution in [3.8, 4) is 0 Å². The molecule has 1 saturated heterocycles. The summed E-state index contributed by atoms with van der Waals surface area (Å²) in [4.78, 5) is 0. The van der Waals surface area contributed by atoms with Gasteiger partial charge in [0.15, 0.2) is 0 Å². The van der Waals surface area contributed by atoms with Crippen LogP contribution in [0.5, 0.6) is 0 Å². The highest BCUT2D eigenvalue weighted by molar-refractivity contribution is 5.03. The van der Waals surface area contributed by atoms with Crippen LogP contribution in [0, 0.1) is 5.92 Å². The van der Waals surface area contributed by atoms with E-state index < -0.39 is 0 Å². The van der Waals surface area contributed by atoms with Crippen molar-refractivity contribution in [3.63, 3.8) is 0 Å². The van der Waals surface area contributed by atoms with E-state index >= 15 is 0 Å². The lowest BCUT2D eigenvalue weighted by Gasteiger charge is -2.22. The van der Waals surface area contributed by atoms with Gasteiger partial charge in [-0.3, -0.25) is 0 Å². The van der Waals surface area contributed by atoms with E-state index in [-0.39, 0.29) is 5.60 Å². The van der Waals surface area contributed by atoms with E-state index in [1.54, 1.807) is 0 Å². The second-order valence-corrected chi connectivity index (χ2v) is 5.27. The number of hydrogen-bond donors (Lipinski definition) is 0. The highest BCUT2D eigenvalue weighted by Crippen LogP contribution is 2.49. The second kappa shape index (κ2) is 3.82. The molecule has 2 rings (SSSR count). The van der Waals surface area contributed by atoms with Crippen molar-refractivity contribution in [1.29, 1.82) is 0 Å². The Balaban J connectivity index is 1.64. The molecule has 2 fully saturated rings. The Hall–Kier alpha value is -0.0800. The van der Waals surface area contributed by atoms with Gasteiger partial charge in [-0.05, 0) is 52.4 Å². The predicted molar refractivity (Wildman–Crippen MR) is 56.3 cm³/mol. The summed E-state index contributed by atoms with van der Waals surface area (Å²) < 4.78 is 11.3. The summed E-state index contributed by atoms with van der Waals surface area (Å²) in [5.41, 5.74) is 0.273. The standard InChI is InChI=1S/C12H22O2/c1-9(2)13-7-5-10-4-6-12(3)11(8-10)14-12/h9-11H,4-8H2,1-3H3. The summed E-state index contributed by atoms with van der Waals surface area (Å²) in [7, 11) is 0. The summed E-state index contributed by atoms with van der Waals surface area (Å²) in [6.07, 6.45) is 6.01. The summed E-state index contributed by atoms with van der Waals surface area (Å²) >= 11 is 0. The Labute approximate surface area is 87.0 Å². The van der Waals surface area contributed by atoms with Crippen LogP contribution >= 0.6 is 0 Å². The third kappa shape index (κ3) is 2.29. The van der Waals surface area contributed by atoms with Crippen molar-refractivity contribution in [3.05, 3.63) is 0 Å². The second-order valence-electron chi connectivity index (χ2n) is 5.27. The van der Waals surface area contributed by atoms with Gasteiger partial charge < -0.3 is 9.47 Å². The topological polar surface area (TPSA) is 21.8 Å². The van der Waals surface area contributed by atoms with E-state index in [0.29, 0.717) is 12.2 Å². The van der Waals surface area contributed by atoms with Crippen molar-refractivity contribution >= 4 is 0 Å². The average molecular weight is 198 g/mol. The zero-order valence-electron chi connectivity index (χ0n) is 9.58. The first-order valence-electron chi connectivity index (χ1n) is 5.89. The molecular formula is C12H22O2. The highest BCUT2D eigenvalue weighted by atomic mass is 16.6. The van der Waals surface area contributed by atoms with Crippen LogP contribution < -0.4 is 0 Å².